The fourth-order valence-corrected chi connectivity index (χ4v) is 5.04. The van der Waals surface area contributed by atoms with E-state index in [0.29, 0.717) is 34.6 Å². The van der Waals surface area contributed by atoms with Gasteiger partial charge in [0.05, 0.1) is 11.4 Å². The number of carbonyl (C=O) groups is 2. The Bertz CT molecular complexity index is 1560. The number of halogens is 3. The number of nitrogens with zero attached hydrogens (tertiary/aromatic N) is 2. The van der Waals surface area contributed by atoms with Crippen molar-refractivity contribution in [1.29, 1.82) is 0 Å². The van der Waals surface area contributed by atoms with E-state index in [0.717, 1.165) is 19.3 Å². The summed E-state index contributed by atoms with van der Waals surface area (Å²) in [7, 11) is -3.91. The number of primary sulfonamides is 1. The van der Waals surface area contributed by atoms with Crippen molar-refractivity contribution in [1.82, 2.24) is 0 Å². The Morgan fingerprint density at radius 2 is 1.70 bits per heavy atom. The second kappa shape index (κ2) is 15.4. The fourth-order valence-electron chi connectivity index (χ4n) is 4.11. The van der Waals surface area contributed by atoms with Gasteiger partial charge in [-0.3, -0.25) is 4.79 Å². The Morgan fingerprint density at radius 1 is 1.00 bits per heavy atom. The van der Waals surface area contributed by atoms with Gasteiger partial charge in [-0.1, -0.05) is 97.0 Å². The number of nitrogens with one attached hydrogen (secondary N) is 1. The van der Waals surface area contributed by atoms with E-state index in [4.69, 9.17) is 50.4 Å². The number of alkyl halides is 3. The molecular weight excluding hydrogens is 637 g/mol. The van der Waals surface area contributed by atoms with E-state index in [2.05, 4.69) is 17.2 Å². The zero-order valence-corrected chi connectivity index (χ0v) is 26.4. The van der Waals surface area contributed by atoms with Crippen molar-refractivity contribution in [3.05, 3.63) is 78.4 Å². The molecule has 0 heterocycles. The van der Waals surface area contributed by atoms with E-state index < -0.39 is 26.5 Å². The average Bonchev–Trinajstić information content (AvgIpc) is 2.95. The van der Waals surface area contributed by atoms with E-state index in [-0.39, 0.29) is 23.2 Å². The zero-order chi connectivity index (χ0) is 31.6. The third-order valence-electron chi connectivity index (χ3n) is 6.12. The van der Waals surface area contributed by atoms with E-state index >= 15 is 0 Å². The first kappa shape index (κ1) is 34.1. The standard InChI is InChI=1S/C29H32Cl3N5O5S/c1-2-3-6-16-37(23-9-7-8-21(17-23)27(33)36-28(39)42-19-29(30,31)32)18-26(38)35-22-14-12-20(13-15-22)24-10-4-5-11-25(24)43(34,40)41/h4-5,7-15,17H,2-3,6,16,18-19H2,1H3,(H,35,38)(H2,33,36,39)(H2,34,40,41). The van der Waals surface area contributed by atoms with Crippen molar-refractivity contribution in [3.8, 4) is 11.1 Å². The number of rotatable bonds is 12. The highest BCUT2D eigenvalue weighted by molar-refractivity contribution is 7.89. The molecule has 0 aliphatic carbocycles. The SMILES string of the molecule is CCCCCN(CC(=O)Nc1ccc(-c2ccccc2S(N)(=O)=O)cc1)c1cccc(C(N)=NC(=O)OCC(Cl)(Cl)Cl)c1. The summed E-state index contributed by atoms with van der Waals surface area (Å²) in [6.45, 7) is 2.22. The van der Waals surface area contributed by atoms with Crippen molar-refractivity contribution in [2.24, 2.45) is 15.9 Å². The Kier molecular flexibility index (Phi) is 12.2. The van der Waals surface area contributed by atoms with Gasteiger partial charge < -0.3 is 20.7 Å². The summed E-state index contributed by atoms with van der Waals surface area (Å²) in [5, 5.41) is 8.25. The molecule has 2 amide bonds. The van der Waals surface area contributed by atoms with Gasteiger partial charge in [0.15, 0.2) is 0 Å². The quantitative estimate of drug-likeness (QED) is 0.0946. The summed E-state index contributed by atoms with van der Waals surface area (Å²) in [5.41, 5.74) is 8.81. The van der Waals surface area contributed by atoms with Crippen molar-refractivity contribution in [2.45, 2.75) is 34.9 Å². The zero-order valence-electron chi connectivity index (χ0n) is 23.3. The van der Waals surface area contributed by atoms with E-state index in [9.17, 15) is 18.0 Å². The van der Waals surface area contributed by atoms with Gasteiger partial charge in [-0.15, -0.1) is 0 Å². The normalized spacial score (nSPS) is 12.1. The molecule has 0 unspecified atom stereocenters. The number of nitrogens with two attached hydrogens (primary N) is 2. The van der Waals surface area contributed by atoms with Crippen LogP contribution >= 0.6 is 34.8 Å². The summed E-state index contributed by atoms with van der Waals surface area (Å²) in [6.07, 6.45) is 1.81. The Balaban J connectivity index is 1.74. The van der Waals surface area contributed by atoms with Crippen LogP contribution in [0.15, 0.2) is 82.7 Å². The lowest BCUT2D eigenvalue weighted by molar-refractivity contribution is -0.115. The van der Waals surface area contributed by atoms with Crippen molar-refractivity contribution in [2.75, 3.05) is 29.9 Å². The number of ether oxygens (including phenoxy) is 1. The van der Waals surface area contributed by atoms with Crippen LogP contribution in [0.25, 0.3) is 11.1 Å². The predicted octanol–water partition coefficient (Wildman–Crippen LogP) is 5.85. The second-order valence-corrected chi connectivity index (χ2v) is 13.6. The molecule has 0 aromatic heterocycles. The van der Waals surface area contributed by atoms with Crippen LogP contribution in [0, 0.1) is 0 Å². The van der Waals surface area contributed by atoms with E-state index in [1.165, 1.54) is 6.07 Å². The van der Waals surface area contributed by atoms with Crippen LogP contribution in [0.3, 0.4) is 0 Å². The molecule has 0 bridgehead atoms. The Morgan fingerprint density at radius 3 is 2.35 bits per heavy atom. The number of carbonyl (C=O) groups excluding carboxylic acids is 2. The van der Waals surface area contributed by atoms with E-state index in [1.54, 1.807) is 60.7 Å². The molecule has 43 heavy (non-hydrogen) atoms. The minimum Gasteiger partial charge on any atom is -0.443 e. The summed E-state index contributed by atoms with van der Waals surface area (Å²) < 4.78 is 27.0. The van der Waals surface area contributed by atoms with Crippen LogP contribution in [0.4, 0.5) is 16.2 Å². The van der Waals surface area contributed by atoms with Crippen LogP contribution in [-0.2, 0) is 19.6 Å². The van der Waals surface area contributed by atoms with Crippen molar-refractivity contribution >= 4 is 74.0 Å². The lowest BCUT2D eigenvalue weighted by atomic mass is 10.1. The van der Waals surface area contributed by atoms with Gasteiger partial charge in [0.2, 0.25) is 19.7 Å². The maximum absolute atomic E-state index is 13.1. The number of unbranched alkanes of at least 4 members (excludes halogenated alkanes) is 2. The average molecular weight is 669 g/mol. The largest absolute Gasteiger partial charge is 0.443 e. The second-order valence-electron chi connectivity index (χ2n) is 9.51. The van der Waals surface area contributed by atoms with Crippen LogP contribution in [0.1, 0.15) is 31.7 Å². The van der Waals surface area contributed by atoms with Gasteiger partial charge in [0, 0.05) is 29.0 Å². The van der Waals surface area contributed by atoms with E-state index in [1.807, 2.05) is 11.0 Å². The molecule has 0 atom stereocenters. The number of benzene rings is 3. The molecule has 0 saturated carbocycles. The third kappa shape index (κ3) is 11.0. The smallest absolute Gasteiger partial charge is 0.435 e. The van der Waals surface area contributed by atoms with Gasteiger partial charge >= 0.3 is 6.09 Å². The van der Waals surface area contributed by atoms with Gasteiger partial charge in [0.1, 0.15) is 12.4 Å². The molecule has 0 spiro atoms. The van der Waals surface area contributed by atoms with Gasteiger partial charge in [-0.25, -0.2) is 18.4 Å². The number of hydrogen-bond donors (Lipinski definition) is 3. The monoisotopic (exact) mass is 667 g/mol. The molecule has 3 aromatic carbocycles. The first-order valence-electron chi connectivity index (χ1n) is 13.2. The maximum atomic E-state index is 13.1. The molecular formula is C29H32Cl3N5O5S. The number of anilines is 2. The topological polar surface area (TPSA) is 157 Å². The molecule has 14 heteroatoms. The molecule has 0 radical (unpaired) electrons. The summed E-state index contributed by atoms with van der Waals surface area (Å²) in [6, 6.07) is 20.2. The predicted molar refractivity (Wildman–Crippen MR) is 172 cm³/mol. The van der Waals surface area contributed by atoms with Crippen LogP contribution in [0.5, 0.6) is 0 Å². The number of hydrogen-bond acceptors (Lipinski definition) is 6. The molecule has 5 N–H and O–H groups in total. The third-order valence-corrected chi connectivity index (χ3v) is 7.41. The molecule has 10 nitrogen and oxygen atoms in total. The van der Waals surface area contributed by atoms with Gasteiger partial charge in [-0.2, -0.15) is 4.99 Å². The molecule has 3 aromatic rings. The number of amides is 2. The summed E-state index contributed by atoms with van der Waals surface area (Å²) in [5.74, 6) is -0.366. The Hall–Kier alpha value is -3.35. The van der Waals surface area contributed by atoms with Crippen LogP contribution < -0.4 is 21.1 Å². The highest BCUT2D eigenvalue weighted by atomic mass is 35.6. The number of sulfonamides is 1. The first-order valence-corrected chi connectivity index (χ1v) is 15.9. The summed E-state index contributed by atoms with van der Waals surface area (Å²) >= 11 is 16.8. The highest BCUT2D eigenvalue weighted by Gasteiger charge is 2.22. The van der Waals surface area contributed by atoms with Crippen molar-refractivity contribution in [3.63, 3.8) is 0 Å². The minimum absolute atomic E-state index is 0.0158. The Labute approximate surface area is 266 Å². The molecule has 0 saturated heterocycles. The number of amidine groups is 1. The minimum atomic E-state index is -3.91. The highest BCUT2D eigenvalue weighted by Crippen LogP contribution is 2.28. The van der Waals surface area contributed by atoms with Gasteiger partial charge in [0.25, 0.3) is 0 Å². The maximum Gasteiger partial charge on any atom is 0.435 e. The molecule has 230 valence electrons. The first-order chi connectivity index (χ1) is 20.3. The van der Waals surface area contributed by atoms with Crippen LogP contribution in [0.2, 0.25) is 0 Å². The fraction of sp³-hybridized carbons (Fsp3) is 0.276. The lowest BCUT2D eigenvalue weighted by Crippen LogP contribution is -2.34. The lowest BCUT2D eigenvalue weighted by Gasteiger charge is -2.25. The van der Waals surface area contributed by atoms with Gasteiger partial charge in [-0.05, 0) is 42.3 Å². The molecule has 0 fully saturated rings. The summed E-state index contributed by atoms with van der Waals surface area (Å²) in [4.78, 5) is 30.7. The molecule has 3 rings (SSSR count). The molecule has 0 aliphatic rings. The molecule has 0 aliphatic heterocycles. The van der Waals surface area contributed by atoms with Crippen LogP contribution in [-0.4, -0.2) is 49.7 Å². The van der Waals surface area contributed by atoms with Crippen molar-refractivity contribution < 1.29 is 22.7 Å². The number of aliphatic imine (C=N–C) groups is 1.